The van der Waals surface area contributed by atoms with Gasteiger partial charge in [-0.2, -0.15) is 0 Å². The number of aromatic nitrogens is 2. The van der Waals surface area contributed by atoms with Gasteiger partial charge in [-0.25, -0.2) is 4.98 Å². The van der Waals surface area contributed by atoms with E-state index in [1.165, 1.54) is 0 Å². The molecule has 11 heteroatoms. The Kier molecular flexibility index (Phi) is 8.58. The summed E-state index contributed by atoms with van der Waals surface area (Å²) in [7, 11) is 3.29. The number of carbonyl (C=O) groups excluding carboxylic acids is 2. The molecule has 3 saturated heterocycles. The van der Waals surface area contributed by atoms with Gasteiger partial charge >= 0.3 is 0 Å². The second kappa shape index (κ2) is 12.9. The van der Waals surface area contributed by atoms with Crippen molar-refractivity contribution in [3.05, 3.63) is 82.1 Å². The molecule has 1 aromatic heterocycles. The van der Waals surface area contributed by atoms with Crippen molar-refractivity contribution in [1.29, 1.82) is 0 Å². The molecule has 0 bridgehead atoms. The lowest BCUT2D eigenvalue weighted by molar-refractivity contribution is -0.121. The smallest absolute Gasteiger partial charge is 0.237 e. The molecule has 0 unspecified atom stereocenters. The molecule has 4 aliphatic rings. The summed E-state index contributed by atoms with van der Waals surface area (Å²) in [4.78, 5) is 37.8. The van der Waals surface area contributed by atoms with Crippen LogP contribution in [0.25, 0.3) is 33.5 Å². The fourth-order valence-corrected chi connectivity index (χ4v) is 9.07. The predicted octanol–water partition coefficient (Wildman–Crippen LogP) is 6.82. The Bertz CT molecular complexity index is 1860. The highest BCUT2D eigenvalue weighted by atomic mass is 35.5. The SMILES string of the molecule is COc1cc(-c2cccc(-c3cccc(-c4cnc(CN5CC6(CCC(=O)N6)C5)c(OC)n4)c3Cl)c2Cl)ccc1CN1CC2(CCC(=O)C2)C1. The van der Waals surface area contributed by atoms with Crippen molar-refractivity contribution >= 4 is 34.9 Å². The maximum atomic E-state index is 11.9. The van der Waals surface area contributed by atoms with Gasteiger partial charge in [0.25, 0.3) is 0 Å². The van der Waals surface area contributed by atoms with Crippen LogP contribution in [0.4, 0.5) is 0 Å². The molecule has 4 heterocycles. The Morgan fingerprint density at radius 3 is 2.18 bits per heavy atom. The highest BCUT2D eigenvalue weighted by molar-refractivity contribution is 6.39. The molecule has 50 heavy (non-hydrogen) atoms. The third kappa shape index (κ3) is 6.04. The number of likely N-dealkylation sites (tertiary alicyclic amines) is 2. The Labute approximate surface area is 301 Å². The topological polar surface area (TPSA) is 96.9 Å². The molecule has 1 N–H and O–H groups in total. The summed E-state index contributed by atoms with van der Waals surface area (Å²) in [5, 5.41) is 4.22. The van der Waals surface area contributed by atoms with Crippen LogP contribution in [0.3, 0.4) is 0 Å². The molecule has 1 saturated carbocycles. The van der Waals surface area contributed by atoms with E-state index in [4.69, 9.17) is 42.6 Å². The first kappa shape index (κ1) is 33.1. The van der Waals surface area contributed by atoms with Gasteiger partial charge in [0.05, 0.1) is 41.7 Å². The third-order valence-corrected chi connectivity index (χ3v) is 11.7. The molecule has 3 aromatic carbocycles. The van der Waals surface area contributed by atoms with Crippen LogP contribution < -0.4 is 14.8 Å². The van der Waals surface area contributed by atoms with Crippen molar-refractivity contribution < 1.29 is 19.1 Å². The fraction of sp³-hybridized carbons (Fsp3) is 0.385. The third-order valence-electron chi connectivity index (χ3n) is 10.8. The fourth-order valence-electron chi connectivity index (χ4n) is 8.41. The van der Waals surface area contributed by atoms with Crippen LogP contribution in [0.2, 0.25) is 10.0 Å². The van der Waals surface area contributed by atoms with Gasteiger partial charge in [-0.3, -0.25) is 24.4 Å². The van der Waals surface area contributed by atoms with Gasteiger partial charge in [-0.1, -0.05) is 71.7 Å². The highest BCUT2D eigenvalue weighted by Gasteiger charge is 2.48. The summed E-state index contributed by atoms with van der Waals surface area (Å²) in [6.45, 7) is 4.86. The van der Waals surface area contributed by atoms with Crippen LogP contribution >= 0.6 is 23.2 Å². The minimum atomic E-state index is -0.100. The number of benzene rings is 3. The number of carbonyl (C=O) groups is 2. The lowest BCUT2D eigenvalue weighted by Gasteiger charge is -2.48. The summed E-state index contributed by atoms with van der Waals surface area (Å²) in [6, 6.07) is 18.0. The van der Waals surface area contributed by atoms with E-state index in [-0.39, 0.29) is 16.9 Å². The monoisotopic (exact) mass is 711 g/mol. The van der Waals surface area contributed by atoms with E-state index in [9.17, 15) is 9.59 Å². The second-order valence-corrected chi connectivity index (χ2v) is 15.2. The number of nitrogens with one attached hydrogen (secondary N) is 1. The molecule has 258 valence electrons. The number of nitrogens with zero attached hydrogens (tertiary/aromatic N) is 4. The van der Waals surface area contributed by atoms with E-state index < -0.39 is 0 Å². The number of ether oxygens (including phenoxy) is 2. The molecule has 4 fully saturated rings. The molecular weight excluding hydrogens is 673 g/mol. The molecule has 9 nitrogen and oxygen atoms in total. The van der Waals surface area contributed by atoms with Gasteiger partial charge < -0.3 is 14.8 Å². The average Bonchev–Trinajstić information content (AvgIpc) is 3.68. The lowest BCUT2D eigenvalue weighted by atomic mass is 9.78. The Hall–Kier alpha value is -4.02. The van der Waals surface area contributed by atoms with E-state index >= 15 is 0 Å². The van der Waals surface area contributed by atoms with E-state index in [0.717, 1.165) is 103 Å². The second-order valence-electron chi connectivity index (χ2n) is 14.4. The minimum absolute atomic E-state index is 0.100. The quantitative estimate of drug-likeness (QED) is 0.202. The number of hydrogen-bond donors (Lipinski definition) is 1. The minimum Gasteiger partial charge on any atom is -0.496 e. The summed E-state index contributed by atoms with van der Waals surface area (Å²) in [5.74, 6) is 1.78. The first-order valence-electron chi connectivity index (χ1n) is 17.1. The van der Waals surface area contributed by atoms with Crippen LogP contribution in [0.5, 0.6) is 11.6 Å². The number of hydrogen-bond acceptors (Lipinski definition) is 8. The van der Waals surface area contributed by atoms with Crippen molar-refractivity contribution in [1.82, 2.24) is 25.1 Å². The maximum absolute atomic E-state index is 11.9. The summed E-state index contributed by atoms with van der Waals surface area (Å²) in [6.07, 6.45) is 5.65. The zero-order valence-corrected chi connectivity index (χ0v) is 29.7. The number of Topliss-reactive ketones (excluding diaryl/α,β-unsaturated/α-hetero) is 1. The Morgan fingerprint density at radius 1 is 0.820 bits per heavy atom. The van der Waals surface area contributed by atoms with Crippen LogP contribution in [0, 0.1) is 5.41 Å². The molecule has 0 atom stereocenters. The van der Waals surface area contributed by atoms with Crippen LogP contribution in [0.1, 0.15) is 43.4 Å². The number of ketones is 1. The molecule has 4 aromatic rings. The number of rotatable bonds is 9. The summed E-state index contributed by atoms with van der Waals surface area (Å²) in [5.41, 5.74) is 6.66. The molecular formula is C39H39Cl2N5O4. The molecule has 1 amide bonds. The van der Waals surface area contributed by atoms with Crippen molar-refractivity contribution in [3.8, 4) is 45.1 Å². The zero-order chi connectivity index (χ0) is 34.6. The highest BCUT2D eigenvalue weighted by Crippen LogP contribution is 2.46. The van der Waals surface area contributed by atoms with Crippen molar-refractivity contribution in [2.24, 2.45) is 5.41 Å². The van der Waals surface area contributed by atoms with Crippen LogP contribution in [-0.2, 0) is 22.7 Å². The van der Waals surface area contributed by atoms with Crippen molar-refractivity contribution in [2.45, 2.75) is 50.7 Å². The Morgan fingerprint density at radius 2 is 1.52 bits per heavy atom. The molecule has 0 radical (unpaired) electrons. The molecule has 8 rings (SSSR count). The largest absolute Gasteiger partial charge is 0.496 e. The van der Waals surface area contributed by atoms with Crippen LogP contribution in [0.15, 0.2) is 60.8 Å². The van der Waals surface area contributed by atoms with Gasteiger partial charge in [0.15, 0.2) is 0 Å². The van der Waals surface area contributed by atoms with Crippen LogP contribution in [-0.4, -0.2) is 77.4 Å². The molecule has 1 aliphatic carbocycles. The van der Waals surface area contributed by atoms with Gasteiger partial charge in [0, 0.05) is 91.8 Å². The van der Waals surface area contributed by atoms with Gasteiger partial charge in [-0.05, 0) is 24.5 Å². The van der Waals surface area contributed by atoms with E-state index in [0.29, 0.717) is 40.4 Å². The van der Waals surface area contributed by atoms with E-state index in [1.54, 1.807) is 20.4 Å². The van der Waals surface area contributed by atoms with Crippen molar-refractivity contribution in [3.63, 3.8) is 0 Å². The first-order valence-corrected chi connectivity index (χ1v) is 17.9. The summed E-state index contributed by atoms with van der Waals surface area (Å²) < 4.78 is 11.5. The number of halogens is 2. The number of methoxy groups -OCH3 is 2. The van der Waals surface area contributed by atoms with Gasteiger partial charge in [0.2, 0.25) is 11.8 Å². The van der Waals surface area contributed by atoms with E-state index in [1.807, 2.05) is 42.5 Å². The predicted molar refractivity (Wildman–Crippen MR) is 193 cm³/mol. The summed E-state index contributed by atoms with van der Waals surface area (Å²) >= 11 is 14.3. The number of amides is 1. The van der Waals surface area contributed by atoms with Crippen molar-refractivity contribution in [2.75, 3.05) is 40.4 Å². The Balaban J connectivity index is 1.01. The maximum Gasteiger partial charge on any atom is 0.237 e. The van der Waals surface area contributed by atoms with Gasteiger partial charge in [-0.15, -0.1) is 0 Å². The first-order chi connectivity index (χ1) is 24.2. The lowest BCUT2D eigenvalue weighted by Crippen LogP contribution is -2.66. The van der Waals surface area contributed by atoms with Gasteiger partial charge in [0.1, 0.15) is 17.2 Å². The normalized spacial score (nSPS) is 19.4. The van der Waals surface area contributed by atoms with E-state index in [2.05, 4.69) is 27.2 Å². The molecule has 2 spiro atoms. The molecule has 3 aliphatic heterocycles. The zero-order valence-electron chi connectivity index (χ0n) is 28.2. The standard InChI is InChI=1S/C39H39Cl2N5O4/c1-49-33-15-24(9-10-25(33)18-45-20-38(21-45)13-11-26(47)16-38)27-5-3-6-28(35(27)40)29-7-4-8-30(36(29)41)31-17-42-32(37(43-31)50-2)19-46-22-39(23-46)14-12-34(48)44-39/h3-10,15,17H,11-14,16,18-23H2,1-2H3,(H,44,48). The average molecular weight is 713 g/mol.